The second-order valence-electron chi connectivity index (χ2n) is 4.72. The molecule has 1 aliphatic rings. The summed E-state index contributed by atoms with van der Waals surface area (Å²) in [6.07, 6.45) is 5.37. The third-order valence-electron chi connectivity index (χ3n) is 3.56. The van der Waals surface area contributed by atoms with Crippen molar-refractivity contribution in [1.82, 2.24) is 5.32 Å². The number of benzene rings is 1. The largest absolute Gasteiger partial charge is 0.310 e. The molecule has 2 rings (SSSR count). The number of hydrogen-bond acceptors (Lipinski definition) is 1. The van der Waals surface area contributed by atoms with Crippen molar-refractivity contribution in [2.75, 3.05) is 6.54 Å². The average molecular weight is 238 g/mol. The van der Waals surface area contributed by atoms with Gasteiger partial charge < -0.3 is 5.32 Å². The van der Waals surface area contributed by atoms with Crippen LogP contribution in [0.3, 0.4) is 0 Å². The number of halogens is 1. The van der Waals surface area contributed by atoms with Crippen LogP contribution in [0.2, 0.25) is 5.02 Å². The summed E-state index contributed by atoms with van der Waals surface area (Å²) in [6, 6.07) is 8.70. The first kappa shape index (κ1) is 11.9. The molecule has 1 aromatic carbocycles. The molecule has 1 aromatic rings. The Hall–Kier alpha value is -0.530. The van der Waals surface area contributed by atoms with Crippen LogP contribution < -0.4 is 5.32 Å². The van der Waals surface area contributed by atoms with Crippen molar-refractivity contribution >= 4 is 11.6 Å². The van der Waals surface area contributed by atoms with E-state index in [1.165, 1.54) is 31.4 Å². The Balaban J connectivity index is 1.90. The molecule has 1 aliphatic carbocycles. The van der Waals surface area contributed by atoms with E-state index in [1.54, 1.807) is 0 Å². The highest BCUT2D eigenvalue weighted by Crippen LogP contribution is 2.27. The van der Waals surface area contributed by atoms with E-state index >= 15 is 0 Å². The number of hydrogen-bond donors (Lipinski definition) is 1. The fourth-order valence-corrected chi connectivity index (χ4v) is 2.32. The third kappa shape index (κ3) is 2.99. The molecule has 16 heavy (non-hydrogen) atoms. The van der Waals surface area contributed by atoms with Gasteiger partial charge in [-0.3, -0.25) is 0 Å². The monoisotopic (exact) mass is 237 g/mol. The summed E-state index contributed by atoms with van der Waals surface area (Å²) in [5, 5.41) is 4.48. The van der Waals surface area contributed by atoms with Crippen molar-refractivity contribution in [1.29, 1.82) is 0 Å². The van der Waals surface area contributed by atoms with Crippen LogP contribution in [0, 0.1) is 5.92 Å². The standard InChI is InChI=1S/C14H20ClN/c1-2-14(16-10-11-4-3-5-11)12-6-8-13(15)9-7-12/h6-9,11,14,16H,2-5,10H2,1H3. The summed E-state index contributed by atoms with van der Waals surface area (Å²) < 4.78 is 0. The van der Waals surface area contributed by atoms with E-state index in [-0.39, 0.29) is 0 Å². The Kier molecular flexibility index (Phi) is 4.25. The molecule has 1 N–H and O–H groups in total. The van der Waals surface area contributed by atoms with Crippen LogP contribution in [0.4, 0.5) is 0 Å². The maximum atomic E-state index is 5.90. The van der Waals surface area contributed by atoms with Crippen molar-refractivity contribution in [3.63, 3.8) is 0 Å². The summed E-state index contributed by atoms with van der Waals surface area (Å²) in [7, 11) is 0. The molecule has 0 amide bonds. The van der Waals surface area contributed by atoms with Crippen molar-refractivity contribution in [2.45, 2.75) is 38.6 Å². The van der Waals surface area contributed by atoms with Crippen LogP contribution in [0.25, 0.3) is 0 Å². The van der Waals surface area contributed by atoms with Gasteiger partial charge in [-0.05, 0) is 49.4 Å². The maximum absolute atomic E-state index is 5.90. The second-order valence-corrected chi connectivity index (χ2v) is 5.15. The van der Waals surface area contributed by atoms with Gasteiger partial charge in [0.2, 0.25) is 0 Å². The zero-order valence-electron chi connectivity index (χ0n) is 9.88. The minimum Gasteiger partial charge on any atom is -0.310 e. The van der Waals surface area contributed by atoms with E-state index in [2.05, 4.69) is 24.4 Å². The summed E-state index contributed by atoms with van der Waals surface area (Å²) in [6.45, 7) is 3.40. The summed E-state index contributed by atoms with van der Waals surface area (Å²) in [5.74, 6) is 0.918. The lowest BCUT2D eigenvalue weighted by Gasteiger charge is -2.28. The SMILES string of the molecule is CCC(NCC1CCC1)c1ccc(Cl)cc1. The molecule has 0 heterocycles. The van der Waals surface area contributed by atoms with Gasteiger partial charge in [0.1, 0.15) is 0 Å². The van der Waals surface area contributed by atoms with Gasteiger partial charge >= 0.3 is 0 Å². The zero-order valence-corrected chi connectivity index (χ0v) is 10.6. The Morgan fingerprint density at radius 1 is 1.31 bits per heavy atom. The highest BCUT2D eigenvalue weighted by molar-refractivity contribution is 6.30. The van der Waals surface area contributed by atoms with E-state index in [1.807, 2.05) is 12.1 Å². The predicted molar refractivity (Wildman–Crippen MR) is 69.8 cm³/mol. The van der Waals surface area contributed by atoms with Gasteiger partial charge in [-0.15, -0.1) is 0 Å². The Morgan fingerprint density at radius 2 is 2.00 bits per heavy atom. The molecule has 1 saturated carbocycles. The second kappa shape index (κ2) is 5.70. The molecule has 1 atom stereocenters. The molecule has 0 bridgehead atoms. The van der Waals surface area contributed by atoms with E-state index < -0.39 is 0 Å². The smallest absolute Gasteiger partial charge is 0.0406 e. The van der Waals surface area contributed by atoms with Crippen LogP contribution in [-0.2, 0) is 0 Å². The molecule has 0 radical (unpaired) electrons. The lowest BCUT2D eigenvalue weighted by molar-refractivity contribution is 0.288. The molecule has 2 heteroatoms. The fraction of sp³-hybridized carbons (Fsp3) is 0.571. The van der Waals surface area contributed by atoms with Gasteiger partial charge in [-0.25, -0.2) is 0 Å². The highest BCUT2D eigenvalue weighted by Gasteiger charge is 2.18. The van der Waals surface area contributed by atoms with Crippen LogP contribution in [0.15, 0.2) is 24.3 Å². The van der Waals surface area contributed by atoms with E-state index in [0.717, 1.165) is 17.4 Å². The third-order valence-corrected chi connectivity index (χ3v) is 3.81. The van der Waals surface area contributed by atoms with Crippen molar-refractivity contribution in [2.24, 2.45) is 5.92 Å². The lowest BCUT2D eigenvalue weighted by atomic mass is 9.85. The zero-order chi connectivity index (χ0) is 11.4. The fourth-order valence-electron chi connectivity index (χ4n) is 2.20. The van der Waals surface area contributed by atoms with Gasteiger partial charge in [0.05, 0.1) is 0 Å². The molecular weight excluding hydrogens is 218 g/mol. The van der Waals surface area contributed by atoms with Crippen LogP contribution in [0.1, 0.15) is 44.2 Å². The number of rotatable bonds is 5. The molecule has 0 aromatic heterocycles. The first-order valence-electron chi connectivity index (χ1n) is 6.28. The average Bonchev–Trinajstić information content (AvgIpc) is 2.24. The lowest BCUT2D eigenvalue weighted by Crippen LogP contribution is -2.30. The quantitative estimate of drug-likeness (QED) is 0.810. The minimum atomic E-state index is 0.484. The molecule has 88 valence electrons. The van der Waals surface area contributed by atoms with Crippen LogP contribution in [-0.4, -0.2) is 6.54 Å². The van der Waals surface area contributed by atoms with Crippen LogP contribution >= 0.6 is 11.6 Å². The highest BCUT2D eigenvalue weighted by atomic mass is 35.5. The van der Waals surface area contributed by atoms with E-state index in [4.69, 9.17) is 11.6 Å². The summed E-state index contributed by atoms with van der Waals surface area (Å²) in [4.78, 5) is 0. The van der Waals surface area contributed by atoms with Crippen molar-refractivity contribution < 1.29 is 0 Å². The molecular formula is C14H20ClN. The van der Waals surface area contributed by atoms with E-state index in [9.17, 15) is 0 Å². The molecule has 1 fully saturated rings. The van der Waals surface area contributed by atoms with Gasteiger partial charge in [0.15, 0.2) is 0 Å². The predicted octanol–water partition coefficient (Wildman–Crippen LogP) is 4.18. The Labute approximate surface area is 103 Å². The van der Waals surface area contributed by atoms with Crippen LogP contribution in [0.5, 0.6) is 0 Å². The van der Waals surface area contributed by atoms with E-state index in [0.29, 0.717) is 6.04 Å². The number of nitrogens with one attached hydrogen (secondary N) is 1. The van der Waals surface area contributed by atoms with Gasteiger partial charge in [0.25, 0.3) is 0 Å². The molecule has 1 nitrogen and oxygen atoms in total. The molecule has 0 aliphatic heterocycles. The maximum Gasteiger partial charge on any atom is 0.0406 e. The first-order valence-corrected chi connectivity index (χ1v) is 6.66. The Bertz CT molecular complexity index is 316. The normalized spacial score (nSPS) is 18.1. The minimum absolute atomic E-state index is 0.484. The van der Waals surface area contributed by atoms with Gasteiger partial charge in [-0.1, -0.05) is 37.1 Å². The molecule has 0 spiro atoms. The van der Waals surface area contributed by atoms with Gasteiger partial charge in [-0.2, -0.15) is 0 Å². The Morgan fingerprint density at radius 3 is 2.50 bits per heavy atom. The van der Waals surface area contributed by atoms with Crippen molar-refractivity contribution in [3.05, 3.63) is 34.9 Å². The summed E-state index contributed by atoms with van der Waals surface area (Å²) in [5.41, 5.74) is 1.35. The topological polar surface area (TPSA) is 12.0 Å². The first-order chi connectivity index (χ1) is 7.79. The summed E-state index contributed by atoms with van der Waals surface area (Å²) >= 11 is 5.90. The van der Waals surface area contributed by atoms with Crippen molar-refractivity contribution in [3.8, 4) is 0 Å². The molecule has 0 saturated heterocycles. The van der Waals surface area contributed by atoms with Gasteiger partial charge in [0, 0.05) is 11.1 Å². The molecule has 1 unspecified atom stereocenters.